The molecular formula is C10H12N-. The molecule has 1 aliphatic heterocycles. The molecule has 1 nitrogen and oxygen atoms in total. The minimum Gasteiger partial charge on any atom is -0.522 e. The van der Waals surface area contributed by atoms with Crippen LogP contribution in [0.1, 0.15) is 12.5 Å². The van der Waals surface area contributed by atoms with Gasteiger partial charge in [0.2, 0.25) is 0 Å². The van der Waals surface area contributed by atoms with Gasteiger partial charge >= 0.3 is 0 Å². The first-order chi connectivity index (χ1) is 5.29. The Morgan fingerprint density at radius 3 is 2.91 bits per heavy atom. The zero-order valence-electron chi connectivity index (χ0n) is 6.75. The van der Waals surface area contributed by atoms with Crippen molar-refractivity contribution in [2.75, 3.05) is 4.90 Å². The normalized spacial score (nSPS) is 22.0. The van der Waals surface area contributed by atoms with Gasteiger partial charge in [0.05, 0.1) is 0 Å². The lowest BCUT2D eigenvalue weighted by molar-refractivity contribution is 0.752. The van der Waals surface area contributed by atoms with Gasteiger partial charge in [-0.2, -0.15) is 0 Å². The lowest BCUT2D eigenvalue weighted by atomic mass is 10.1. The van der Waals surface area contributed by atoms with Crippen LogP contribution in [0.15, 0.2) is 24.3 Å². The fraction of sp³-hybridized carbons (Fsp3) is 0.300. The fourth-order valence-corrected chi connectivity index (χ4v) is 1.63. The molecule has 1 heterocycles. The number of nitrogens with zero attached hydrogens (tertiary/aromatic N) is 1. The predicted octanol–water partition coefficient (Wildman–Crippen LogP) is 2.23. The molecule has 11 heavy (non-hydrogen) atoms. The average molecular weight is 146 g/mol. The van der Waals surface area contributed by atoms with Crippen LogP contribution in [0.4, 0.5) is 5.69 Å². The molecule has 0 saturated heterocycles. The van der Waals surface area contributed by atoms with Gasteiger partial charge in [0.1, 0.15) is 0 Å². The predicted molar refractivity (Wildman–Crippen MR) is 47.4 cm³/mol. The van der Waals surface area contributed by atoms with Crippen molar-refractivity contribution >= 4 is 5.69 Å². The molecule has 0 spiro atoms. The molecule has 1 heteroatoms. The van der Waals surface area contributed by atoms with Crippen molar-refractivity contribution in [3.8, 4) is 0 Å². The van der Waals surface area contributed by atoms with Crippen LogP contribution in [0.3, 0.4) is 0 Å². The summed E-state index contributed by atoms with van der Waals surface area (Å²) in [5.74, 6) is 0. The van der Waals surface area contributed by atoms with Crippen LogP contribution in [0.25, 0.3) is 0 Å². The van der Waals surface area contributed by atoms with Crippen LogP contribution < -0.4 is 4.90 Å². The number of benzene rings is 1. The Morgan fingerprint density at radius 2 is 2.18 bits per heavy atom. The second-order valence-electron chi connectivity index (χ2n) is 3.15. The summed E-state index contributed by atoms with van der Waals surface area (Å²) in [6.45, 7) is 2.20. The van der Waals surface area contributed by atoms with Crippen molar-refractivity contribution < 1.29 is 0 Å². The second kappa shape index (κ2) is 2.26. The minimum atomic E-state index is 0.562. The van der Waals surface area contributed by atoms with Gasteiger partial charge in [-0.15, -0.1) is 0 Å². The summed E-state index contributed by atoms with van der Waals surface area (Å²) in [5, 5.41) is 0. The molecule has 0 aliphatic carbocycles. The number of hydrogen-bond acceptors (Lipinski definition) is 1. The zero-order chi connectivity index (χ0) is 7.84. The molecule has 1 aliphatic rings. The zero-order valence-corrected chi connectivity index (χ0v) is 6.75. The highest BCUT2D eigenvalue weighted by Gasteiger charge is 2.16. The van der Waals surface area contributed by atoms with Crippen LogP contribution in [-0.4, -0.2) is 6.04 Å². The molecule has 58 valence electrons. The molecule has 1 atom stereocenters. The summed E-state index contributed by atoms with van der Waals surface area (Å²) in [6.07, 6.45) is 1.14. The van der Waals surface area contributed by atoms with E-state index in [1.165, 1.54) is 11.3 Å². The molecule has 0 aromatic heterocycles. The van der Waals surface area contributed by atoms with Gasteiger partial charge in [0.25, 0.3) is 0 Å². The van der Waals surface area contributed by atoms with Crippen molar-refractivity contribution in [3.63, 3.8) is 0 Å². The lowest BCUT2D eigenvalue weighted by Gasteiger charge is -2.27. The molecule has 0 fully saturated rings. The van der Waals surface area contributed by atoms with Crippen LogP contribution in [0.2, 0.25) is 0 Å². The van der Waals surface area contributed by atoms with Crippen LogP contribution in [0.5, 0.6) is 0 Å². The summed E-state index contributed by atoms with van der Waals surface area (Å²) >= 11 is 0. The molecule has 1 aromatic rings. The Kier molecular flexibility index (Phi) is 1.38. The highest BCUT2D eigenvalue weighted by atomic mass is 15.1. The van der Waals surface area contributed by atoms with Crippen LogP contribution in [0, 0.1) is 7.05 Å². The Labute approximate surface area is 67.6 Å². The third-order valence-electron chi connectivity index (χ3n) is 2.35. The molecule has 0 radical (unpaired) electrons. The summed E-state index contributed by atoms with van der Waals surface area (Å²) in [5.41, 5.74) is 2.72. The van der Waals surface area contributed by atoms with Crippen molar-refractivity contribution in [1.82, 2.24) is 0 Å². The van der Waals surface area contributed by atoms with E-state index in [-0.39, 0.29) is 0 Å². The third-order valence-corrected chi connectivity index (χ3v) is 2.35. The summed E-state index contributed by atoms with van der Waals surface area (Å²) in [4.78, 5) is 2.09. The van der Waals surface area contributed by atoms with Gasteiger partial charge in [0.15, 0.2) is 0 Å². The summed E-state index contributed by atoms with van der Waals surface area (Å²) < 4.78 is 0. The Bertz CT molecular complexity index is 267. The molecule has 0 saturated carbocycles. The van der Waals surface area contributed by atoms with Gasteiger partial charge in [0, 0.05) is 11.7 Å². The van der Waals surface area contributed by atoms with Crippen molar-refractivity contribution in [3.05, 3.63) is 36.9 Å². The van der Waals surface area contributed by atoms with E-state index in [4.69, 9.17) is 0 Å². The molecular weight excluding hydrogens is 134 g/mol. The average Bonchev–Trinajstić information content (AvgIpc) is 2.30. The van der Waals surface area contributed by atoms with E-state index < -0.39 is 0 Å². The highest BCUT2D eigenvalue weighted by Crippen LogP contribution is 2.30. The van der Waals surface area contributed by atoms with Crippen molar-refractivity contribution in [2.24, 2.45) is 0 Å². The maximum atomic E-state index is 3.99. The van der Waals surface area contributed by atoms with E-state index >= 15 is 0 Å². The smallest absolute Gasteiger partial charge is 0.0104 e. The van der Waals surface area contributed by atoms with E-state index in [2.05, 4.69) is 43.1 Å². The molecule has 0 amide bonds. The summed E-state index contributed by atoms with van der Waals surface area (Å²) in [6, 6.07) is 9.02. The molecule has 0 bridgehead atoms. The first kappa shape index (κ1) is 6.71. The van der Waals surface area contributed by atoms with Crippen molar-refractivity contribution in [1.29, 1.82) is 0 Å². The lowest BCUT2D eigenvalue weighted by Crippen LogP contribution is -2.21. The number of anilines is 1. The van der Waals surface area contributed by atoms with Crippen LogP contribution >= 0.6 is 0 Å². The van der Waals surface area contributed by atoms with Gasteiger partial charge < -0.3 is 4.90 Å². The Balaban J connectivity index is 2.47. The number of fused-ring (bicyclic) bond motifs is 1. The Morgan fingerprint density at radius 1 is 1.45 bits per heavy atom. The first-order valence-corrected chi connectivity index (χ1v) is 3.96. The highest BCUT2D eigenvalue weighted by molar-refractivity contribution is 5.59. The van der Waals surface area contributed by atoms with E-state index in [1.54, 1.807) is 0 Å². The molecule has 1 aromatic carbocycles. The third kappa shape index (κ3) is 0.917. The topological polar surface area (TPSA) is 3.24 Å². The van der Waals surface area contributed by atoms with Gasteiger partial charge in [-0.3, -0.25) is 7.05 Å². The molecule has 1 unspecified atom stereocenters. The largest absolute Gasteiger partial charge is 0.522 e. The van der Waals surface area contributed by atoms with E-state index in [0.29, 0.717) is 6.04 Å². The number of rotatable bonds is 0. The quantitative estimate of drug-likeness (QED) is 0.507. The van der Waals surface area contributed by atoms with E-state index in [9.17, 15) is 0 Å². The minimum absolute atomic E-state index is 0.562. The monoisotopic (exact) mass is 146 g/mol. The SMILES string of the molecule is [CH2-]N1c2ccccc2CC1C. The number of para-hydroxylation sites is 1. The maximum Gasteiger partial charge on any atom is 0.0104 e. The molecule has 0 N–H and O–H groups in total. The van der Waals surface area contributed by atoms with Crippen molar-refractivity contribution in [2.45, 2.75) is 19.4 Å². The van der Waals surface area contributed by atoms with E-state index in [0.717, 1.165) is 6.42 Å². The van der Waals surface area contributed by atoms with Gasteiger partial charge in [-0.1, -0.05) is 18.2 Å². The van der Waals surface area contributed by atoms with Gasteiger partial charge in [-0.05, 0) is 25.0 Å². The van der Waals surface area contributed by atoms with E-state index in [1.807, 2.05) is 0 Å². The second-order valence-corrected chi connectivity index (χ2v) is 3.15. The first-order valence-electron chi connectivity index (χ1n) is 3.96. The van der Waals surface area contributed by atoms with Crippen LogP contribution in [-0.2, 0) is 6.42 Å². The standard InChI is InChI=1S/C10H12N/c1-8-7-9-5-3-4-6-10(9)11(8)2/h3-6,8H,2,7H2,1H3/q-1. The summed E-state index contributed by atoms with van der Waals surface area (Å²) in [7, 11) is 3.99. The number of hydrogen-bond donors (Lipinski definition) is 0. The Hall–Kier alpha value is -0.980. The van der Waals surface area contributed by atoms with Gasteiger partial charge in [-0.25, -0.2) is 0 Å². The maximum absolute atomic E-state index is 3.99. The fourth-order valence-electron chi connectivity index (χ4n) is 1.63. The molecule has 2 rings (SSSR count).